The summed E-state index contributed by atoms with van der Waals surface area (Å²) in [6.07, 6.45) is 2.10. The lowest BCUT2D eigenvalue weighted by molar-refractivity contribution is -0.384. The maximum absolute atomic E-state index is 11.0. The van der Waals surface area contributed by atoms with Gasteiger partial charge in [0.05, 0.1) is 4.92 Å². The fourth-order valence-electron chi connectivity index (χ4n) is 2.14. The molecule has 18 heavy (non-hydrogen) atoms. The Hall–Kier alpha value is -1.29. The van der Waals surface area contributed by atoms with Crippen molar-refractivity contribution in [3.05, 3.63) is 33.3 Å². The SMILES string of the molecule is CCC(CC)C(C)Nc1ccc(Cl)cc1[N+](=O)[O-]. The van der Waals surface area contributed by atoms with E-state index in [-0.39, 0.29) is 11.7 Å². The molecule has 100 valence electrons. The van der Waals surface area contributed by atoms with Crippen LogP contribution in [-0.2, 0) is 0 Å². The molecule has 0 amide bonds. The van der Waals surface area contributed by atoms with E-state index in [1.165, 1.54) is 6.07 Å². The van der Waals surface area contributed by atoms with Crippen molar-refractivity contribution in [3.8, 4) is 0 Å². The molecule has 0 aliphatic rings. The summed E-state index contributed by atoms with van der Waals surface area (Å²) in [4.78, 5) is 10.6. The van der Waals surface area contributed by atoms with Crippen molar-refractivity contribution in [3.63, 3.8) is 0 Å². The van der Waals surface area contributed by atoms with Gasteiger partial charge < -0.3 is 5.32 Å². The van der Waals surface area contributed by atoms with Gasteiger partial charge >= 0.3 is 0 Å². The van der Waals surface area contributed by atoms with Gasteiger partial charge in [0.25, 0.3) is 5.69 Å². The highest BCUT2D eigenvalue weighted by Crippen LogP contribution is 2.29. The Morgan fingerprint density at radius 3 is 2.50 bits per heavy atom. The van der Waals surface area contributed by atoms with Gasteiger partial charge in [0.2, 0.25) is 0 Å². The number of benzene rings is 1. The van der Waals surface area contributed by atoms with Crippen molar-refractivity contribution >= 4 is 23.0 Å². The zero-order chi connectivity index (χ0) is 13.7. The van der Waals surface area contributed by atoms with Crippen molar-refractivity contribution in [1.29, 1.82) is 0 Å². The van der Waals surface area contributed by atoms with E-state index in [0.29, 0.717) is 16.6 Å². The van der Waals surface area contributed by atoms with Crippen LogP contribution in [-0.4, -0.2) is 11.0 Å². The number of hydrogen-bond acceptors (Lipinski definition) is 3. The third kappa shape index (κ3) is 3.60. The third-order valence-corrected chi connectivity index (χ3v) is 3.53. The van der Waals surface area contributed by atoms with Crippen molar-refractivity contribution in [1.82, 2.24) is 0 Å². The number of nitrogens with zero attached hydrogens (tertiary/aromatic N) is 1. The predicted octanol–water partition coefficient (Wildman–Crippen LogP) is 4.48. The number of anilines is 1. The van der Waals surface area contributed by atoms with Crippen molar-refractivity contribution in [2.75, 3.05) is 5.32 Å². The van der Waals surface area contributed by atoms with Crippen molar-refractivity contribution in [2.45, 2.75) is 39.7 Å². The zero-order valence-electron chi connectivity index (χ0n) is 10.9. The molecule has 0 saturated heterocycles. The molecule has 0 bridgehead atoms. The molecule has 1 rings (SSSR count). The maximum atomic E-state index is 11.0. The predicted molar refractivity (Wildman–Crippen MR) is 75.3 cm³/mol. The summed E-state index contributed by atoms with van der Waals surface area (Å²) in [6.45, 7) is 6.31. The highest BCUT2D eigenvalue weighted by atomic mass is 35.5. The number of nitro groups is 1. The number of nitro benzene ring substituents is 1. The van der Waals surface area contributed by atoms with E-state index in [1.807, 2.05) is 0 Å². The van der Waals surface area contributed by atoms with Crippen LogP contribution in [0, 0.1) is 16.0 Å². The molecular weight excluding hydrogens is 252 g/mol. The molecule has 1 atom stereocenters. The lowest BCUT2D eigenvalue weighted by Gasteiger charge is -2.23. The number of halogens is 1. The summed E-state index contributed by atoms with van der Waals surface area (Å²) in [5.74, 6) is 0.500. The topological polar surface area (TPSA) is 55.2 Å². The van der Waals surface area contributed by atoms with E-state index in [9.17, 15) is 10.1 Å². The second-order valence-corrected chi connectivity index (χ2v) is 4.86. The summed E-state index contributed by atoms with van der Waals surface area (Å²) in [5.41, 5.74) is 0.559. The largest absolute Gasteiger partial charge is 0.377 e. The Kier molecular flexibility index (Phi) is 5.41. The van der Waals surface area contributed by atoms with Crippen LogP contribution in [0.5, 0.6) is 0 Å². The van der Waals surface area contributed by atoms with Gasteiger partial charge in [-0.25, -0.2) is 0 Å². The molecule has 1 aromatic carbocycles. The Morgan fingerprint density at radius 1 is 1.39 bits per heavy atom. The number of hydrogen-bond donors (Lipinski definition) is 1. The second kappa shape index (κ2) is 6.59. The molecule has 0 saturated carbocycles. The first-order valence-corrected chi connectivity index (χ1v) is 6.57. The van der Waals surface area contributed by atoms with Crippen LogP contribution >= 0.6 is 11.6 Å². The van der Waals surface area contributed by atoms with Gasteiger partial charge in [0.1, 0.15) is 5.69 Å². The quantitative estimate of drug-likeness (QED) is 0.612. The molecule has 0 spiro atoms. The standard InChI is InChI=1S/C13H19ClN2O2/c1-4-10(5-2)9(3)15-12-7-6-11(14)8-13(12)16(17)18/h6-10,15H,4-5H2,1-3H3. The van der Waals surface area contributed by atoms with E-state index >= 15 is 0 Å². The minimum Gasteiger partial charge on any atom is -0.377 e. The number of rotatable bonds is 6. The van der Waals surface area contributed by atoms with Crippen LogP contribution in [0.4, 0.5) is 11.4 Å². The maximum Gasteiger partial charge on any atom is 0.293 e. The second-order valence-electron chi connectivity index (χ2n) is 4.43. The summed E-state index contributed by atoms with van der Waals surface area (Å²) in [7, 11) is 0. The minimum absolute atomic E-state index is 0.0281. The average molecular weight is 271 g/mol. The highest BCUT2D eigenvalue weighted by molar-refractivity contribution is 6.30. The van der Waals surface area contributed by atoms with Gasteiger partial charge in [-0.05, 0) is 25.0 Å². The van der Waals surface area contributed by atoms with Crippen LogP contribution in [0.15, 0.2) is 18.2 Å². The first-order chi connectivity index (χ1) is 8.49. The van der Waals surface area contributed by atoms with Gasteiger partial charge in [0, 0.05) is 17.1 Å². The summed E-state index contributed by atoms with van der Waals surface area (Å²) < 4.78 is 0. The fraction of sp³-hybridized carbons (Fsp3) is 0.538. The van der Waals surface area contributed by atoms with Crippen LogP contribution in [0.3, 0.4) is 0 Å². The van der Waals surface area contributed by atoms with Crippen LogP contribution in [0.25, 0.3) is 0 Å². The Balaban J connectivity index is 2.93. The lowest BCUT2D eigenvalue weighted by atomic mass is 9.95. The molecular formula is C13H19ClN2O2. The van der Waals surface area contributed by atoms with Gasteiger partial charge in [-0.3, -0.25) is 10.1 Å². The van der Waals surface area contributed by atoms with E-state index in [2.05, 4.69) is 26.1 Å². The molecule has 4 nitrogen and oxygen atoms in total. The summed E-state index contributed by atoms with van der Waals surface area (Å²) in [5, 5.41) is 14.6. The van der Waals surface area contributed by atoms with Gasteiger partial charge in [-0.1, -0.05) is 38.3 Å². The molecule has 0 radical (unpaired) electrons. The smallest absolute Gasteiger partial charge is 0.293 e. The monoisotopic (exact) mass is 270 g/mol. The molecule has 0 aromatic heterocycles. The third-order valence-electron chi connectivity index (χ3n) is 3.30. The summed E-state index contributed by atoms with van der Waals surface area (Å²) in [6, 6.07) is 4.90. The number of nitrogens with one attached hydrogen (secondary N) is 1. The van der Waals surface area contributed by atoms with Crippen LogP contribution in [0.2, 0.25) is 5.02 Å². The van der Waals surface area contributed by atoms with E-state index < -0.39 is 4.92 Å². The molecule has 1 unspecified atom stereocenters. The molecule has 5 heteroatoms. The van der Waals surface area contributed by atoms with E-state index in [4.69, 9.17) is 11.6 Å². The fourth-order valence-corrected chi connectivity index (χ4v) is 2.30. The molecule has 0 aliphatic heterocycles. The normalized spacial score (nSPS) is 12.5. The van der Waals surface area contributed by atoms with E-state index in [0.717, 1.165) is 12.8 Å². The molecule has 1 aromatic rings. The molecule has 1 N–H and O–H groups in total. The minimum atomic E-state index is -0.409. The first kappa shape index (κ1) is 14.8. The lowest BCUT2D eigenvalue weighted by Crippen LogP contribution is -2.25. The Labute approximate surface area is 112 Å². The van der Waals surface area contributed by atoms with Crippen LogP contribution in [0.1, 0.15) is 33.6 Å². The molecule has 0 aliphatic carbocycles. The highest BCUT2D eigenvalue weighted by Gasteiger charge is 2.19. The van der Waals surface area contributed by atoms with Crippen molar-refractivity contribution in [2.24, 2.45) is 5.92 Å². The molecule has 0 heterocycles. The average Bonchev–Trinajstić information content (AvgIpc) is 2.32. The van der Waals surface area contributed by atoms with E-state index in [1.54, 1.807) is 12.1 Å². The van der Waals surface area contributed by atoms with Gasteiger partial charge in [-0.2, -0.15) is 0 Å². The zero-order valence-corrected chi connectivity index (χ0v) is 11.7. The first-order valence-electron chi connectivity index (χ1n) is 6.20. The van der Waals surface area contributed by atoms with Crippen molar-refractivity contribution < 1.29 is 4.92 Å². The van der Waals surface area contributed by atoms with Crippen LogP contribution < -0.4 is 5.32 Å². The summed E-state index contributed by atoms with van der Waals surface area (Å²) >= 11 is 5.78. The van der Waals surface area contributed by atoms with Gasteiger partial charge in [0.15, 0.2) is 0 Å². The Bertz CT molecular complexity index is 419. The van der Waals surface area contributed by atoms with Gasteiger partial charge in [-0.15, -0.1) is 0 Å². The molecule has 0 fully saturated rings. The Morgan fingerprint density at radius 2 is 2.00 bits per heavy atom.